The molecule has 2 aliphatic heterocycles. The lowest BCUT2D eigenvalue weighted by Crippen LogP contribution is -2.27. The number of benzene rings is 1. The Hall–Kier alpha value is -1.79. The molecule has 0 saturated carbocycles. The Labute approximate surface area is 173 Å². The molecule has 6 nitrogen and oxygen atoms in total. The fourth-order valence-electron chi connectivity index (χ4n) is 4.44. The van der Waals surface area contributed by atoms with Gasteiger partial charge in [-0.15, -0.1) is 0 Å². The average molecular weight is 407 g/mol. The number of carbonyl (C=O) groups is 1. The second kappa shape index (κ2) is 9.81. The van der Waals surface area contributed by atoms with Crippen LogP contribution in [0, 0.1) is 0 Å². The van der Waals surface area contributed by atoms with E-state index in [1.54, 1.807) is 6.07 Å². The summed E-state index contributed by atoms with van der Waals surface area (Å²) in [5.74, 6) is -0.796. The Morgan fingerprint density at radius 2 is 1.83 bits per heavy atom. The van der Waals surface area contributed by atoms with Gasteiger partial charge >= 0.3 is 5.97 Å². The number of esters is 1. The summed E-state index contributed by atoms with van der Waals surface area (Å²) in [5.41, 5.74) is 1.17. The molecule has 0 unspecified atom stereocenters. The van der Waals surface area contributed by atoms with E-state index >= 15 is 0 Å². The van der Waals surface area contributed by atoms with Crippen molar-refractivity contribution in [3.63, 3.8) is 0 Å². The molecule has 2 N–H and O–H groups in total. The molecule has 3 atom stereocenters. The minimum absolute atomic E-state index is 0.0889. The van der Waals surface area contributed by atoms with Crippen molar-refractivity contribution in [1.29, 1.82) is 0 Å². The number of rotatable bonds is 11. The highest BCUT2D eigenvalue weighted by Crippen LogP contribution is 2.41. The molecule has 0 aliphatic carbocycles. The first-order chi connectivity index (χ1) is 13.9. The lowest BCUT2D eigenvalue weighted by Gasteiger charge is -2.22. The monoisotopic (exact) mass is 406 g/mol. The standard InChI is InChI=1S/C23H34O6/c1-16-11-13-23(26,29-16)12-9-7-5-3-4-6-8-10-19-18-14-17(24)15-20(27-2)21(18)22(25)28-19/h14-16,19,24,26H,3-13H2,1-2H3/t16-,19-,23+/m1/s1. The van der Waals surface area contributed by atoms with Crippen molar-refractivity contribution >= 4 is 5.97 Å². The lowest BCUT2D eigenvalue weighted by molar-refractivity contribution is -0.193. The van der Waals surface area contributed by atoms with Gasteiger partial charge in [-0.1, -0.05) is 32.1 Å². The smallest absolute Gasteiger partial charge is 0.342 e. The molecule has 0 amide bonds. The van der Waals surface area contributed by atoms with Gasteiger partial charge in [-0.25, -0.2) is 4.79 Å². The van der Waals surface area contributed by atoms with E-state index in [0.717, 1.165) is 69.8 Å². The molecule has 162 valence electrons. The van der Waals surface area contributed by atoms with E-state index < -0.39 is 5.79 Å². The molecular formula is C23H34O6. The van der Waals surface area contributed by atoms with Gasteiger partial charge in [0.25, 0.3) is 0 Å². The van der Waals surface area contributed by atoms with E-state index in [1.165, 1.54) is 19.6 Å². The van der Waals surface area contributed by atoms with E-state index in [2.05, 4.69) is 0 Å². The van der Waals surface area contributed by atoms with Gasteiger partial charge in [-0.3, -0.25) is 0 Å². The van der Waals surface area contributed by atoms with Crippen LogP contribution in [-0.4, -0.2) is 35.2 Å². The minimum atomic E-state index is -0.883. The van der Waals surface area contributed by atoms with Gasteiger partial charge in [0.2, 0.25) is 0 Å². The summed E-state index contributed by atoms with van der Waals surface area (Å²) < 4.78 is 16.3. The Bertz CT molecular complexity index is 703. The van der Waals surface area contributed by atoms with Crippen LogP contribution < -0.4 is 4.74 Å². The van der Waals surface area contributed by atoms with Crippen molar-refractivity contribution in [3.8, 4) is 11.5 Å². The van der Waals surface area contributed by atoms with Crippen molar-refractivity contribution in [2.75, 3.05) is 7.11 Å². The predicted octanol–water partition coefficient (Wildman–Crippen LogP) is 5.01. The van der Waals surface area contributed by atoms with Crippen LogP contribution in [0.15, 0.2) is 12.1 Å². The molecule has 3 rings (SSSR count). The number of cyclic esters (lactones) is 1. The Morgan fingerprint density at radius 1 is 1.14 bits per heavy atom. The van der Waals surface area contributed by atoms with Gasteiger partial charge in [0, 0.05) is 24.5 Å². The molecule has 1 aromatic rings. The third-order valence-electron chi connectivity index (χ3n) is 6.03. The maximum Gasteiger partial charge on any atom is 0.342 e. The van der Waals surface area contributed by atoms with E-state index in [-0.39, 0.29) is 23.9 Å². The molecule has 1 saturated heterocycles. The van der Waals surface area contributed by atoms with Crippen LogP contribution in [0.5, 0.6) is 11.5 Å². The van der Waals surface area contributed by atoms with Gasteiger partial charge in [0.1, 0.15) is 23.2 Å². The van der Waals surface area contributed by atoms with Crippen molar-refractivity contribution in [2.45, 2.75) is 95.5 Å². The molecule has 2 heterocycles. The number of carbonyl (C=O) groups excluding carboxylic acids is 1. The molecule has 0 spiro atoms. The molecule has 1 fully saturated rings. The Balaban J connectivity index is 1.29. The van der Waals surface area contributed by atoms with Crippen LogP contribution in [-0.2, 0) is 9.47 Å². The topological polar surface area (TPSA) is 85.2 Å². The Morgan fingerprint density at radius 3 is 2.48 bits per heavy atom. The van der Waals surface area contributed by atoms with Crippen LogP contribution in [0.2, 0.25) is 0 Å². The summed E-state index contributed by atoms with van der Waals surface area (Å²) >= 11 is 0. The number of hydrogen-bond acceptors (Lipinski definition) is 6. The van der Waals surface area contributed by atoms with E-state index in [4.69, 9.17) is 14.2 Å². The van der Waals surface area contributed by atoms with Gasteiger partial charge < -0.3 is 24.4 Å². The number of hydrogen-bond donors (Lipinski definition) is 2. The fourth-order valence-corrected chi connectivity index (χ4v) is 4.44. The normalized spacial score (nSPS) is 25.8. The number of phenolic OH excluding ortho intramolecular Hbond substituents is 1. The van der Waals surface area contributed by atoms with E-state index in [1.807, 2.05) is 6.92 Å². The highest BCUT2D eigenvalue weighted by Gasteiger charge is 2.36. The zero-order chi connectivity index (χ0) is 20.9. The maximum absolute atomic E-state index is 12.1. The molecule has 29 heavy (non-hydrogen) atoms. The molecule has 6 heteroatoms. The van der Waals surface area contributed by atoms with Gasteiger partial charge in [0.05, 0.1) is 13.2 Å². The number of phenols is 1. The zero-order valence-corrected chi connectivity index (χ0v) is 17.6. The van der Waals surface area contributed by atoms with Crippen LogP contribution in [0.3, 0.4) is 0 Å². The zero-order valence-electron chi connectivity index (χ0n) is 17.6. The SMILES string of the molecule is COc1cc(O)cc2c1C(=O)O[C@@H]2CCCCCCCCC[C@@]1(O)CC[C@@H](C)O1. The second-order valence-electron chi connectivity index (χ2n) is 8.43. The van der Waals surface area contributed by atoms with Crippen LogP contribution in [0.25, 0.3) is 0 Å². The fraction of sp³-hybridized carbons (Fsp3) is 0.696. The number of fused-ring (bicyclic) bond motifs is 1. The maximum atomic E-state index is 12.1. The van der Waals surface area contributed by atoms with Crippen LogP contribution in [0.4, 0.5) is 0 Å². The molecule has 0 radical (unpaired) electrons. The first-order valence-electron chi connectivity index (χ1n) is 10.9. The third kappa shape index (κ3) is 5.64. The summed E-state index contributed by atoms with van der Waals surface area (Å²) in [6.45, 7) is 2.02. The number of ether oxygens (including phenoxy) is 3. The molecule has 1 aromatic carbocycles. The third-order valence-corrected chi connectivity index (χ3v) is 6.03. The largest absolute Gasteiger partial charge is 0.508 e. The van der Waals surface area contributed by atoms with Gasteiger partial charge in [0.15, 0.2) is 5.79 Å². The number of unbranched alkanes of at least 4 members (excludes halogenated alkanes) is 6. The van der Waals surface area contributed by atoms with Gasteiger partial charge in [-0.05, 0) is 38.7 Å². The summed E-state index contributed by atoms with van der Waals surface area (Å²) in [5, 5.41) is 20.1. The van der Waals surface area contributed by atoms with Crippen molar-refractivity contribution in [1.82, 2.24) is 0 Å². The first kappa shape index (κ1) is 21.9. The van der Waals surface area contributed by atoms with Crippen LogP contribution in [0.1, 0.15) is 99.6 Å². The second-order valence-corrected chi connectivity index (χ2v) is 8.43. The summed E-state index contributed by atoms with van der Waals surface area (Å²) in [4.78, 5) is 12.1. The minimum Gasteiger partial charge on any atom is -0.508 e. The van der Waals surface area contributed by atoms with Crippen molar-refractivity contribution in [3.05, 3.63) is 23.3 Å². The number of aromatic hydroxyl groups is 1. The lowest BCUT2D eigenvalue weighted by atomic mass is 9.98. The molecule has 0 aromatic heterocycles. The van der Waals surface area contributed by atoms with Crippen molar-refractivity contribution < 1.29 is 29.2 Å². The highest BCUT2D eigenvalue weighted by atomic mass is 16.6. The molecule has 0 bridgehead atoms. The predicted molar refractivity (Wildman–Crippen MR) is 109 cm³/mol. The summed E-state index contributed by atoms with van der Waals surface area (Å²) in [6.07, 6.45) is 10.7. The Kier molecular flexibility index (Phi) is 7.41. The van der Waals surface area contributed by atoms with E-state index in [0.29, 0.717) is 11.3 Å². The number of methoxy groups -OCH3 is 1. The quantitative estimate of drug-likeness (QED) is 0.397. The van der Waals surface area contributed by atoms with Crippen LogP contribution >= 0.6 is 0 Å². The number of aliphatic hydroxyl groups is 1. The van der Waals surface area contributed by atoms with Crippen molar-refractivity contribution in [2.24, 2.45) is 0 Å². The average Bonchev–Trinajstić information content (AvgIpc) is 3.18. The summed E-state index contributed by atoms with van der Waals surface area (Å²) in [6, 6.07) is 3.05. The molecule has 2 aliphatic rings. The highest BCUT2D eigenvalue weighted by molar-refractivity contribution is 5.97. The molecular weight excluding hydrogens is 372 g/mol. The van der Waals surface area contributed by atoms with E-state index in [9.17, 15) is 15.0 Å². The van der Waals surface area contributed by atoms with Gasteiger partial charge in [-0.2, -0.15) is 0 Å². The first-order valence-corrected chi connectivity index (χ1v) is 10.9. The summed E-state index contributed by atoms with van der Waals surface area (Å²) in [7, 11) is 1.48.